The van der Waals surface area contributed by atoms with Crippen molar-refractivity contribution in [3.05, 3.63) is 28.2 Å². The second-order valence-electron chi connectivity index (χ2n) is 3.01. The number of hydrogen-bond donors (Lipinski definition) is 0. The minimum atomic E-state index is -4.55. The fraction of sp³-hybridized carbons (Fsp3) is 0.333. The lowest BCUT2D eigenvalue weighted by Crippen LogP contribution is -2.03. The molecule has 0 aliphatic heterocycles. The van der Waals surface area contributed by atoms with Crippen molar-refractivity contribution in [2.45, 2.75) is 12.2 Å². The maximum Gasteiger partial charge on any atom is 0.309 e. The Morgan fingerprint density at radius 2 is 2.07 bits per heavy atom. The van der Waals surface area contributed by atoms with Gasteiger partial charge in [-0.1, -0.05) is 6.07 Å². The lowest BCUT2D eigenvalue weighted by atomic mass is 10.1. The molecule has 0 spiro atoms. The van der Waals surface area contributed by atoms with Gasteiger partial charge in [-0.25, -0.2) is 0 Å². The first-order chi connectivity index (χ1) is 6.86. The van der Waals surface area contributed by atoms with Crippen LogP contribution < -0.4 is 4.74 Å². The van der Waals surface area contributed by atoms with Gasteiger partial charge in [0.1, 0.15) is 11.0 Å². The van der Waals surface area contributed by atoms with Crippen LogP contribution in [0.1, 0.15) is 17.7 Å². The number of rotatable bonds is 3. The molecule has 0 radical (unpaired) electrons. The topological polar surface area (TPSA) is 43.4 Å². The third kappa shape index (κ3) is 2.92. The first kappa shape index (κ1) is 12.4. The summed E-state index contributed by atoms with van der Waals surface area (Å²) in [5, 5.41) is -1.17. The number of benzene rings is 1. The van der Waals surface area contributed by atoms with Crippen molar-refractivity contribution in [2.24, 2.45) is 0 Å². The van der Waals surface area contributed by atoms with Gasteiger partial charge < -0.3 is 4.74 Å². The van der Waals surface area contributed by atoms with Crippen molar-refractivity contribution in [3.63, 3.8) is 0 Å². The maximum absolute atomic E-state index is 12.7. The van der Waals surface area contributed by atoms with E-state index in [2.05, 4.69) is 15.9 Å². The Morgan fingerprint density at radius 1 is 1.47 bits per heavy atom. The molecule has 1 aromatic rings. The van der Waals surface area contributed by atoms with Crippen LogP contribution in [0.5, 0.6) is 5.75 Å². The van der Waals surface area contributed by atoms with Gasteiger partial charge >= 0.3 is 10.2 Å². The molecule has 84 valence electrons. The van der Waals surface area contributed by atoms with Crippen molar-refractivity contribution in [2.75, 3.05) is 7.11 Å². The molecular formula is C9H10BrFO3S. The van der Waals surface area contributed by atoms with Crippen LogP contribution in [-0.4, -0.2) is 15.5 Å². The molecule has 0 aliphatic carbocycles. The van der Waals surface area contributed by atoms with Crippen molar-refractivity contribution in [3.8, 4) is 5.75 Å². The highest BCUT2D eigenvalue weighted by Crippen LogP contribution is 2.31. The summed E-state index contributed by atoms with van der Waals surface area (Å²) in [5.74, 6) is 0.571. The van der Waals surface area contributed by atoms with Crippen LogP contribution in [0.2, 0.25) is 0 Å². The molecule has 15 heavy (non-hydrogen) atoms. The van der Waals surface area contributed by atoms with E-state index in [4.69, 9.17) is 4.74 Å². The van der Waals surface area contributed by atoms with E-state index in [1.807, 2.05) is 0 Å². The first-order valence-corrected chi connectivity index (χ1v) is 6.37. The summed E-state index contributed by atoms with van der Waals surface area (Å²) in [6, 6.07) is 4.63. The molecule has 1 unspecified atom stereocenters. The van der Waals surface area contributed by atoms with E-state index < -0.39 is 15.5 Å². The molecule has 0 heterocycles. The Balaban J connectivity index is 3.13. The van der Waals surface area contributed by atoms with Crippen molar-refractivity contribution in [1.82, 2.24) is 0 Å². The van der Waals surface area contributed by atoms with E-state index >= 15 is 0 Å². The Kier molecular flexibility index (Phi) is 3.72. The van der Waals surface area contributed by atoms with Crippen LogP contribution in [0.25, 0.3) is 0 Å². The van der Waals surface area contributed by atoms with Crippen LogP contribution in [-0.2, 0) is 10.2 Å². The zero-order valence-corrected chi connectivity index (χ0v) is 10.6. The summed E-state index contributed by atoms with van der Waals surface area (Å²) in [6.07, 6.45) is 0. The monoisotopic (exact) mass is 296 g/mol. The summed E-state index contributed by atoms with van der Waals surface area (Å²) in [6.45, 7) is 1.30. The molecule has 1 rings (SSSR count). The molecule has 0 amide bonds. The van der Waals surface area contributed by atoms with Gasteiger partial charge in [-0.2, -0.15) is 8.42 Å². The number of halogens is 2. The third-order valence-electron chi connectivity index (χ3n) is 2.07. The van der Waals surface area contributed by atoms with Crippen molar-refractivity contribution < 1.29 is 17.0 Å². The summed E-state index contributed by atoms with van der Waals surface area (Å²) in [4.78, 5) is 0. The van der Waals surface area contributed by atoms with Crippen LogP contribution in [0, 0.1) is 0 Å². The van der Waals surface area contributed by atoms with E-state index in [0.29, 0.717) is 15.8 Å². The molecule has 0 saturated carbocycles. The lowest BCUT2D eigenvalue weighted by molar-refractivity contribution is 0.412. The molecule has 0 bridgehead atoms. The normalized spacial score (nSPS) is 13.6. The van der Waals surface area contributed by atoms with Gasteiger partial charge in [-0.05, 0) is 40.5 Å². The van der Waals surface area contributed by atoms with E-state index in [1.165, 1.54) is 26.2 Å². The van der Waals surface area contributed by atoms with E-state index in [0.717, 1.165) is 0 Å². The van der Waals surface area contributed by atoms with Gasteiger partial charge in [0.15, 0.2) is 0 Å². The molecule has 0 N–H and O–H groups in total. The fourth-order valence-corrected chi connectivity index (χ4v) is 2.13. The predicted octanol–water partition coefficient (Wildman–Crippen LogP) is 2.82. The summed E-state index contributed by atoms with van der Waals surface area (Å²) < 4.78 is 39.6. The molecule has 3 nitrogen and oxygen atoms in total. The molecule has 1 atom stereocenters. The third-order valence-corrected chi connectivity index (χ3v) is 3.80. The molecule has 0 aliphatic rings. The molecule has 1 aromatic carbocycles. The Labute approximate surface area is 96.6 Å². The van der Waals surface area contributed by atoms with Gasteiger partial charge in [0.25, 0.3) is 0 Å². The van der Waals surface area contributed by atoms with Gasteiger partial charge in [0.2, 0.25) is 0 Å². The summed E-state index contributed by atoms with van der Waals surface area (Å²) in [7, 11) is -3.06. The van der Waals surface area contributed by atoms with Gasteiger partial charge in [-0.15, -0.1) is 3.89 Å². The quantitative estimate of drug-likeness (QED) is 0.806. The van der Waals surface area contributed by atoms with Gasteiger partial charge in [-0.3, -0.25) is 0 Å². The average Bonchev–Trinajstić information content (AvgIpc) is 2.15. The minimum absolute atomic E-state index is 0.380. The van der Waals surface area contributed by atoms with Gasteiger partial charge in [0, 0.05) is 0 Å². The SMILES string of the molecule is COc1ccc(C(C)S(=O)(=O)F)cc1Br. The summed E-state index contributed by atoms with van der Waals surface area (Å²) >= 11 is 3.20. The van der Waals surface area contributed by atoms with Crippen LogP contribution in [0.15, 0.2) is 22.7 Å². The molecule has 6 heteroatoms. The Bertz CT molecular complexity index is 458. The molecule has 0 aromatic heterocycles. The lowest BCUT2D eigenvalue weighted by Gasteiger charge is -2.09. The second kappa shape index (κ2) is 4.49. The predicted molar refractivity (Wildman–Crippen MR) is 59.1 cm³/mol. The Hall–Kier alpha value is -0.620. The number of ether oxygens (including phenoxy) is 1. The number of hydrogen-bond acceptors (Lipinski definition) is 3. The smallest absolute Gasteiger partial charge is 0.309 e. The highest BCUT2D eigenvalue weighted by atomic mass is 79.9. The van der Waals surface area contributed by atoms with E-state index in [1.54, 1.807) is 6.07 Å². The van der Waals surface area contributed by atoms with E-state index in [-0.39, 0.29) is 0 Å². The van der Waals surface area contributed by atoms with Crippen LogP contribution in [0.3, 0.4) is 0 Å². The van der Waals surface area contributed by atoms with Crippen LogP contribution in [0.4, 0.5) is 3.89 Å². The maximum atomic E-state index is 12.7. The van der Waals surface area contributed by atoms with Crippen LogP contribution >= 0.6 is 15.9 Å². The molecule has 0 saturated heterocycles. The van der Waals surface area contributed by atoms with Crippen molar-refractivity contribution >= 4 is 26.2 Å². The standard InChI is InChI=1S/C9H10BrFO3S/c1-6(15(11,12)13)7-3-4-9(14-2)8(10)5-7/h3-6H,1-2H3. The molecular weight excluding hydrogens is 287 g/mol. The largest absolute Gasteiger partial charge is 0.496 e. The Morgan fingerprint density at radius 3 is 2.47 bits per heavy atom. The number of methoxy groups -OCH3 is 1. The highest BCUT2D eigenvalue weighted by Gasteiger charge is 2.22. The fourth-order valence-electron chi connectivity index (χ4n) is 1.10. The molecule has 0 fully saturated rings. The zero-order chi connectivity index (χ0) is 11.6. The first-order valence-electron chi connectivity index (χ1n) is 4.13. The minimum Gasteiger partial charge on any atom is -0.496 e. The average molecular weight is 297 g/mol. The van der Waals surface area contributed by atoms with Gasteiger partial charge in [0.05, 0.1) is 11.6 Å². The summed E-state index contributed by atoms with van der Waals surface area (Å²) in [5.41, 5.74) is 0.380. The second-order valence-corrected chi connectivity index (χ2v) is 5.52. The highest BCUT2D eigenvalue weighted by molar-refractivity contribution is 9.10. The van der Waals surface area contributed by atoms with Crippen molar-refractivity contribution in [1.29, 1.82) is 0 Å². The zero-order valence-electron chi connectivity index (χ0n) is 8.20. The van der Waals surface area contributed by atoms with E-state index in [9.17, 15) is 12.3 Å².